The zero-order valence-electron chi connectivity index (χ0n) is 19.3. The summed E-state index contributed by atoms with van der Waals surface area (Å²) in [4.78, 5) is 9.23. The third kappa shape index (κ3) is 6.02. The van der Waals surface area contributed by atoms with Crippen LogP contribution >= 0.6 is 0 Å². The number of benzene rings is 4. The molecule has 0 unspecified atom stereocenters. The van der Waals surface area contributed by atoms with Gasteiger partial charge in [-0.15, -0.1) is 0 Å². The average molecular weight is 485 g/mol. The Bertz CT molecular complexity index is 1320. The lowest BCUT2D eigenvalue weighted by Gasteiger charge is -2.05. The van der Waals surface area contributed by atoms with Crippen LogP contribution in [-0.2, 0) is 9.84 Å². The van der Waals surface area contributed by atoms with E-state index in [1.807, 2.05) is 48.5 Å². The number of rotatable bonds is 8. The maximum Gasteiger partial charge on any atom is 0.206 e. The van der Waals surface area contributed by atoms with Gasteiger partial charge in [0.25, 0.3) is 0 Å². The summed E-state index contributed by atoms with van der Waals surface area (Å²) >= 11 is 0. The molecule has 0 saturated carbocycles. The second-order valence-electron chi connectivity index (χ2n) is 7.55. The smallest absolute Gasteiger partial charge is 0.206 e. The summed E-state index contributed by atoms with van der Waals surface area (Å²) in [5, 5.41) is 0. The summed E-state index contributed by atoms with van der Waals surface area (Å²) in [6.07, 6.45) is 3.43. The van der Waals surface area contributed by atoms with E-state index in [1.54, 1.807) is 75.2 Å². The van der Waals surface area contributed by atoms with Crippen molar-refractivity contribution in [2.75, 3.05) is 14.2 Å². The van der Waals surface area contributed by atoms with Gasteiger partial charge in [0, 0.05) is 12.4 Å². The standard InChI is InChI=1S/C28H24N2O4S/c1-33-25-11-3-21(4-12-25)19-29-23-7-15-27(16-8-23)35(31,32)28-17-9-24(10-18-28)30-20-22-5-13-26(34-2)14-6-22/h3-20H,1-2H3. The van der Waals surface area contributed by atoms with Crippen molar-refractivity contribution in [2.24, 2.45) is 9.98 Å². The lowest BCUT2D eigenvalue weighted by molar-refractivity contribution is 0.414. The Kier molecular flexibility index (Phi) is 7.38. The van der Waals surface area contributed by atoms with Crippen molar-refractivity contribution >= 4 is 33.6 Å². The van der Waals surface area contributed by atoms with Gasteiger partial charge in [-0.1, -0.05) is 0 Å². The largest absolute Gasteiger partial charge is 0.497 e. The van der Waals surface area contributed by atoms with Gasteiger partial charge in [0.1, 0.15) is 11.5 Å². The minimum Gasteiger partial charge on any atom is -0.497 e. The highest BCUT2D eigenvalue weighted by Gasteiger charge is 2.17. The van der Waals surface area contributed by atoms with Crippen LogP contribution < -0.4 is 9.47 Å². The predicted octanol–water partition coefficient (Wildman–Crippen LogP) is 6.04. The first kappa shape index (κ1) is 23.9. The fraction of sp³-hybridized carbons (Fsp3) is 0.0714. The first-order chi connectivity index (χ1) is 17.0. The normalized spacial score (nSPS) is 11.7. The van der Waals surface area contributed by atoms with Gasteiger partial charge < -0.3 is 9.47 Å². The van der Waals surface area contributed by atoms with E-state index in [4.69, 9.17) is 9.47 Å². The molecule has 0 fully saturated rings. The number of ether oxygens (including phenoxy) is 2. The van der Waals surface area contributed by atoms with Gasteiger partial charge in [0.05, 0.1) is 35.4 Å². The number of aliphatic imine (C=N–C) groups is 2. The molecule has 0 bridgehead atoms. The third-order valence-corrected chi connectivity index (χ3v) is 7.04. The van der Waals surface area contributed by atoms with Crippen molar-refractivity contribution in [1.29, 1.82) is 0 Å². The molecule has 0 saturated heterocycles. The molecule has 0 aromatic heterocycles. The molecule has 7 heteroatoms. The minimum atomic E-state index is -3.65. The molecule has 4 aromatic carbocycles. The highest BCUT2D eigenvalue weighted by atomic mass is 32.2. The van der Waals surface area contributed by atoms with Crippen molar-refractivity contribution in [1.82, 2.24) is 0 Å². The van der Waals surface area contributed by atoms with Gasteiger partial charge >= 0.3 is 0 Å². The highest BCUT2D eigenvalue weighted by molar-refractivity contribution is 7.91. The quantitative estimate of drug-likeness (QED) is 0.286. The van der Waals surface area contributed by atoms with Gasteiger partial charge in [-0.3, -0.25) is 9.98 Å². The summed E-state index contributed by atoms with van der Waals surface area (Å²) in [6, 6.07) is 28.0. The Labute approximate surface area is 205 Å². The van der Waals surface area contributed by atoms with E-state index in [-0.39, 0.29) is 9.79 Å². The topological polar surface area (TPSA) is 77.3 Å². The Balaban J connectivity index is 1.44. The maximum atomic E-state index is 13.0. The molecule has 6 nitrogen and oxygen atoms in total. The summed E-state index contributed by atoms with van der Waals surface area (Å²) < 4.78 is 36.4. The monoisotopic (exact) mass is 484 g/mol. The summed E-state index contributed by atoms with van der Waals surface area (Å²) in [5.41, 5.74) is 3.14. The van der Waals surface area contributed by atoms with Crippen LogP contribution in [0.15, 0.2) is 117 Å². The second kappa shape index (κ2) is 10.8. The van der Waals surface area contributed by atoms with E-state index < -0.39 is 9.84 Å². The predicted molar refractivity (Wildman–Crippen MR) is 139 cm³/mol. The third-order valence-electron chi connectivity index (χ3n) is 5.25. The summed E-state index contributed by atoms with van der Waals surface area (Å²) in [6.45, 7) is 0. The van der Waals surface area contributed by atoms with E-state index in [1.165, 1.54) is 0 Å². The molecule has 0 radical (unpaired) electrons. The van der Waals surface area contributed by atoms with Crippen molar-refractivity contribution in [3.63, 3.8) is 0 Å². The van der Waals surface area contributed by atoms with Crippen LogP contribution in [0, 0.1) is 0 Å². The average Bonchev–Trinajstić information content (AvgIpc) is 2.92. The van der Waals surface area contributed by atoms with Gasteiger partial charge in [-0.25, -0.2) is 8.42 Å². The van der Waals surface area contributed by atoms with Crippen LogP contribution in [0.1, 0.15) is 11.1 Å². The number of hydrogen-bond acceptors (Lipinski definition) is 6. The van der Waals surface area contributed by atoms with Gasteiger partial charge in [-0.05, 0) is 108 Å². The fourth-order valence-corrected chi connectivity index (χ4v) is 4.50. The number of methoxy groups -OCH3 is 2. The molecule has 0 amide bonds. The van der Waals surface area contributed by atoms with Crippen LogP contribution in [0.5, 0.6) is 11.5 Å². The first-order valence-corrected chi connectivity index (χ1v) is 12.3. The van der Waals surface area contributed by atoms with E-state index in [0.29, 0.717) is 11.4 Å². The number of nitrogens with zero attached hydrogens (tertiary/aromatic N) is 2. The molecule has 35 heavy (non-hydrogen) atoms. The van der Waals surface area contributed by atoms with Crippen molar-refractivity contribution in [2.45, 2.75) is 9.79 Å². The first-order valence-electron chi connectivity index (χ1n) is 10.8. The SMILES string of the molecule is COc1ccc(C=Nc2ccc(S(=O)(=O)c3ccc(N=Cc4ccc(OC)cc4)cc3)cc2)cc1. The van der Waals surface area contributed by atoms with E-state index in [9.17, 15) is 8.42 Å². The highest BCUT2D eigenvalue weighted by Crippen LogP contribution is 2.25. The van der Waals surface area contributed by atoms with Crippen LogP contribution in [0.25, 0.3) is 0 Å². The van der Waals surface area contributed by atoms with Crippen LogP contribution in [0.2, 0.25) is 0 Å². The molecule has 4 rings (SSSR count). The molecule has 0 aliphatic heterocycles. The minimum absolute atomic E-state index is 0.204. The lowest BCUT2D eigenvalue weighted by Crippen LogP contribution is -2.01. The molecule has 0 atom stereocenters. The molecular weight excluding hydrogens is 460 g/mol. The molecule has 0 aliphatic rings. The second-order valence-corrected chi connectivity index (χ2v) is 9.50. The maximum absolute atomic E-state index is 13.0. The summed E-state index contributed by atoms with van der Waals surface area (Å²) in [7, 11) is -0.421. The van der Waals surface area contributed by atoms with Gasteiger partial charge in [0.2, 0.25) is 9.84 Å². The Morgan fingerprint density at radius 3 is 1.20 bits per heavy atom. The van der Waals surface area contributed by atoms with Gasteiger partial charge in [-0.2, -0.15) is 0 Å². The molecule has 0 heterocycles. The van der Waals surface area contributed by atoms with Crippen molar-refractivity contribution in [3.8, 4) is 11.5 Å². The molecule has 176 valence electrons. The lowest BCUT2D eigenvalue weighted by atomic mass is 10.2. The van der Waals surface area contributed by atoms with E-state index >= 15 is 0 Å². The zero-order valence-corrected chi connectivity index (χ0v) is 20.1. The number of sulfone groups is 1. The molecule has 4 aromatic rings. The molecular formula is C28H24N2O4S. The fourth-order valence-electron chi connectivity index (χ4n) is 3.24. The zero-order chi connectivity index (χ0) is 24.7. The van der Waals surface area contributed by atoms with Crippen molar-refractivity contribution < 1.29 is 17.9 Å². The van der Waals surface area contributed by atoms with Crippen LogP contribution in [0.4, 0.5) is 11.4 Å². The molecule has 0 N–H and O–H groups in total. The molecule has 0 aliphatic carbocycles. The number of hydrogen-bond donors (Lipinski definition) is 0. The van der Waals surface area contributed by atoms with Crippen LogP contribution in [0.3, 0.4) is 0 Å². The van der Waals surface area contributed by atoms with Crippen molar-refractivity contribution in [3.05, 3.63) is 108 Å². The summed E-state index contributed by atoms with van der Waals surface area (Å²) in [5.74, 6) is 1.54. The van der Waals surface area contributed by atoms with Gasteiger partial charge in [0.15, 0.2) is 0 Å². The molecule has 0 spiro atoms. The Morgan fingerprint density at radius 1 is 0.543 bits per heavy atom. The van der Waals surface area contributed by atoms with E-state index in [2.05, 4.69) is 9.98 Å². The van der Waals surface area contributed by atoms with Crippen LogP contribution in [-0.4, -0.2) is 35.1 Å². The Morgan fingerprint density at radius 2 is 0.886 bits per heavy atom. The Hall–Kier alpha value is -4.23. The van der Waals surface area contributed by atoms with E-state index in [0.717, 1.165) is 22.6 Å².